The first-order valence-electron chi connectivity index (χ1n) is 9.66. The molecule has 0 unspecified atom stereocenters. The second kappa shape index (κ2) is 10.2. The summed E-state index contributed by atoms with van der Waals surface area (Å²) >= 11 is 0. The first-order chi connectivity index (χ1) is 12.8. The molecule has 1 aliphatic carbocycles. The van der Waals surface area contributed by atoms with Gasteiger partial charge in [-0.25, -0.2) is 0 Å². The molecule has 2 N–H and O–H groups in total. The normalized spacial score (nSPS) is 19.2. The second-order valence-corrected chi connectivity index (χ2v) is 9.75. The standard InChI is InChI=1S/C21H33NO5S/c1-15(9-10-18-17(3)19(23)11-12-21(18,4)5)7-6-8-16(2)20(24)22-13-14-28(25,26)27/h7,9-10,16H,6,8,11-14H2,1-5H3,(H,22,24)(H,25,26,27)/b10-9+,15-7+/t16-/m0/s1. The Labute approximate surface area is 168 Å². The number of hydrogen-bond donors (Lipinski definition) is 2. The van der Waals surface area contributed by atoms with Gasteiger partial charge in [0.2, 0.25) is 5.91 Å². The Morgan fingerprint density at radius 1 is 1.36 bits per heavy atom. The number of carbonyl (C=O) groups is 2. The SMILES string of the molecule is CC1=C(/C=C/C(C)=C/CC[C@H](C)C(=O)NCCS(=O)(=O)O)C(C)(C)CCC1=O. The van der Waals surface area contributed by atoms with Crippen molar-refractivity contribution in [2.24, 2.45) is 11.3 Å². The van der Waals surface area contributed by atoms with Crippen molar-refractivity contribution in [2.75, 3.05) is 12.3 Å². The van der Waals surface area contributed by atoms with E-state index in [1.54, 1.807) is 6.92 Å². The van der Waals surface area contributed by atoms with Crippen LogP contribution in [-0.2, 0) is 19.7 Å². The van der Waals surface area contributed by atoms with E-state index in [1.165, 1.54) is 0 Å². The zero-order valence-corrected chi connectivity index (χ0v) is 18.4. The molecule has 0 radical (unpaired) electrons. The molecule has 1 atom stereocenters. The van der Waals surface area contributed by atoms with E-state index in [2.05, 4.69) is 19.2 Å². The number of Topliss-reactive ketones (excluding diaryl/α,β-unsaturated/α-hetero) is 1. The van der Waals surface area contributed by atoms with Crippen LogP contribution >= 0.6 is 0 Å². The number of amides is 1. The van der Waals surface area contributed by atoms with Crippen LogP contribution in [0.25, 0.3) is 0 Å². The lowest BCUT2D eigenvalue weighted by Gasteiger charge is -2.32. The maximum absolute atomic E-state index is 12.0. The van der Waals surface area contributed by atoms with Crippen LogP contribution in [0.3, 0.4) is 0 Å². The highest BCUT2D eigenvalue weighted by Gasteiger charge is 2.30. The van der Waals surface area contributed by atoms with Crippen LogP contribution in [0.1, 0.15) is 60.3 Å². The third-order valence-electron chi connectivity index (χ3n) is 5.21. The number of allylic oxidation sites excluding steroid dienone is 6. The van der Waals surface area contributed by atoms with E-state index in [0.29, 0.717) is 19.3 Å². The molecule has 1 amide bonds. The van der Waals surface area contributed by atoms with Crippen molar-refractivity contribution in [1.29, 1.82) is 0 Å². The van der Waals surface area contributed by atoms with Crippen molar-refractivity contribution in [3.63, 3.8) is 0 Å². The fourth-order valence-electron chi connectivity index (χ4n) is 3.21. The molecule has 1 aliphatic rings. The molecule has 0 aromatic carbocycles. The monoisotopic (exact) mass is 411 g/mol. The van der Waals surface area contributed by atoms with E-state index in [1.807, 2.05) is 32.1 Å². The summed E-state index contributed by atoms with van der Waals surface area (Å²) in [6.45, 7) is 9.88. The number of nitrogens with one attached hydrogen (secondary N) is 1. The minimum atomic E-state index is -4.06. The molecule has 6 nitrogen and oxygen atoms in total. The predicted octanol–water partition coefficient (Wildman–Crippen LogP) is 3.61. The lowest BCUT2D eigenvalue weighted by molar-refractivity contribution is -0.124. The van der Waals surface area contributed by atoms with Gasteiger partial charge in [-0.1, -0.05) is 44.6 Å². The Hall–Kier alpha value is -1.73. The van der Waals surface area contributed by atoms with Gasteiger partial charge in [-0.15, -0.1) is 0 Å². The molecule has 0 bridgehead atoms. The van der Waals surface area contributed by atoms with Crippen LogP contribution in [0.5, 0.6) is 0 Å². The summed E-state index contributed by atoms with van der Waals surface area (Å²) in [5.74, 6) is -0.749. The molecule has 28 heavy (non-hydrogen) atoms. The Morgan fingerprint density at radius 2 is 2.00 bits per heavy atom. The Bertz CT molecular complexity index is 788. The lowest BCUT2D eigenvalue weighted by Crippen LogP contribution is -2.33. The zero-order chi connectivity index (χ0) is 21.5. The van der Waals surface area contributed by atoms with Crippen LogP contribution in [0.15, 0.2) is 34.9 Å². The van der Waals surface area contributed by atoms with Crippen LogP contribution in [-0.4, -0.2) is 37.0 Å². The van der Waals surface area contributed by atoms with Gasteiger partial charge in [0.25, 0.3) is 10.1 Å². The summed E-state index contributed by atoms with van der Waals surface area (Å²) in [7, 11) is -4.06. The average Bonchev–Trinajstić information content (AvgIpc) is 2.57. The van der Waals surface area contributed by atoms with Crippen LogP contribution in [0.4, 0.5) is 0 Å². The molecule has 0 aromatic heterocycles. The van der Waals surface area contributed by atoms with Crippen molar-refractivity contribution in [3.8, 4) is 0 Å². The summed E-state index contributed by atoms with van der Waals surface area (Å²) in [6, 6.07) is 0. The molecular weight excluding hydrogens is 378 g/mol. The van der Waals surface area contributed by atoms with Gasteiger partial charge in [0, 0.05) is 18.9 Å². The largest absolute Gasteiger partial charge is 0.355 e. The molecular formula is C21H33NO5S. The second-order valence-electron chi connectivity index (χ2n) is 8.18. The molecule has 0 heterocycles. The van der Waals surface area contributed by atoms with Gasteiger partial charge in [-0.3, -0.25) is 14.1 Å². The maximum Gasteiger partial charge on any atom is 0.266 e. The third-order valence-corrected chi connectivity index (χ3v) is 5.93. The Balaban J connectivity index is 2.56. The molecule has 0 spiro atoms. The minimum Gasteiger partial charge on any atom is -0.355 e. The summed E-state index contributed by atoms with van der Waals surface area (Å²) in [5, 5.41) is 2.51. The topological polar surface area (TPSA) is 101 Å². The van der Waals surface area contributed by atoms with Crippen molar-refractivity contribution in [1.82, 2.24) is 5.32 Å². The van der Waals surface area contributed by atoms with Gasteiger partial charge in [-0.05, 0) is 49.7 Å². The fourth-order valence-corrected chi connectivity index (χ4v) is 3.57. The summed E-state index contributed by atoms with van der Waals surface area (Å²) in [6.07, 6.45) is 8.90. The van der Waals surface area contributed by atoms with Crippen molar-refractivity contribution >= 4 is 21.8 Å². The van der Waals surface area contributed by atoms with Crippen LogP contribution in [0.2, 0.25) is 0 Å². The lowest BCUT2D eigenvalue weighted by atomic mass is 9.72. The first-order valence-corrected chi connectivity index (χ1v) is 11.3. The predicted molar refractivity (Wildman–Crippen MR) is 111 cm³/mol. The third kappa shape index (κ3) is 8.10. The fraction of sp³-hybridized carbons (Fsp3) is 0.619. The maximum atomic E-state index is 12.0. The smallest absolute Gasteiger partial charge is 0.266 e. The summed E-state index contributed by atoms with van der Waals surface area (Å²) in [5.41, 5.74) is 2.98. The molecule has 7 heteroatoms. The van der Waals surface area contributed by atoms with Gasteiger partial charge in [0.15, 0.2) is 5.78 Å². The van der Waals surface area contributed by atoms with Crippen molar-refractivity contribution in [2.45, 2.75) is 60.3 Å². The van der Waals surface area contributed by atoms with Crippen LogP contribution < -0.4 is 5.32 Å². The molecule has 0 aliphatic heterocycles. The molecule has 0 saturated carbocycles. The number of carbonyl (C=O) groups excluding carboxylic acids is 2. The summed E-state index contributed by atoms with van der Waals surface area (Å²) < 4.78 is 30.0. The van der Waals surface area contributed by atoms with E-state index in [4.69, 9.17) is 4.55 Å². The minimum absolute atomic E-state index is 0.0105. The van der Waals surface area contributed by atoms with Gasteiger partial charge >= 0.3 is 0 Å². The molecule has 1 rings (SSSR count). The molecule has 158 valence electrons. The average molecular weight is 412 g/mol. The van der Waals surface area contributed by atoms with Gasteiger partial charge in [0.05, 0.1) is 5.75 Å². The van der Waals surface area contributed by atoms with Crippen molar-refractivity contribution < 1.29 is 22.6 Å². The van der Waals surface area contributed by atoms with Crippen LogP contribution in [0, 0.1) is 11.3 Å². The Kier molecular flexibility index (Phi) is 8.82. The highest BCUT2D eigenvalue weighted by atomic mass is 32.2. The van der Waals surface area contributed by atoms with Gasteiger partial charge in [0.1, 0.15) is 0 Å². The van der Waals surface area contributed by atoms with Gasteiger partial charge < -0.3 is 5.32 Å². The highest BCUT2D eigenvalue weighted by molar-refractivity contribution is 7.85. The zero-order valence-electron chi connectivity index (χ0n) is 17.5. The van der Waals surface area contributed by atoms with E-state index in [0.717, 1.165) is 23.1 Å². The van der Waals surface area contributed by atoms with E-state index >= 15 is 0 Å². The van der Waals surface area contributed by atoms with Gasteiger partial charge in [-0.2, -0.15) is 8.42 Å². The Morgan fingerprint density at radius 3 is 2.61 bits per heavy atom. The highest BCUT2D eigenvalue weighted by Crippen LogP contribution is 2.39. The summed E-state index contributed by atoms with van der Waals surface area (Å²) in [4.78, 5) is 23.9. The van der Waals surface area contributed by atoms with E-state index in [9.17, 15) is 18.0 Å². The van der Waals surface area contributed by atoms with E-state index < -0.39 is 15.9 Å². The number of hydrogen-bond acceptors (Lipinski definition) is 4. The molecule has 0 saturated heterocycles. The number of rotatable bonds is 9. The quantitative estimate of drug-likeness (QED) is 0.446. The first kappa shape index (κ1) is 24.3. The molecule has 0 aromatic rings. The van der Waals surface area contributed by atoms with Crippen molar-refractivity contribution in [3.05, 3.63) is 34.9 Å². The number of ketones is 1. The molecule has 0 fully saturated rings. The van der Waals surface area contributed by atoms with E-state index in [-0.39, 0.29) is 29.6 Å².